The van der Waals surface area contributed by atoms with Gasteiger partial charge in [0.15, 0.2) is 0 Å². The van der Waals surface area contributed by atoms with Crippen molar-refractivity contribution in [3.8, 4) is 0 Å². The zero-order valence-corrected chi connectivity index (χ0v) is 7.67. The molecule has 2 nitrogen and oxygen atoms in total. The fraction of sp³-hybridized carbons (Fsp3) is 0.444. The summed E-state index contributed by atoms with van der Waals surface area (Å²) in [6, 6.07) is 2.94. The normalized spacial score (nSPS) is 14.0. The summed E-state index contributed by atoms with van der Waals surface area (Å²) in [6.07, 6.45) is -1.53. The van der Waals surface area contributed by atoms with Gasteiger partial charge in [0.2, 0.25) is 0 Å². The highest BCUT2D eigenvalue weighted by atomic mass is 19.4. The zero-order chi connectivity index (χ0) is 10.6. The Morgan fingerprint density at radius 2 is 2.21 bits per heavy atom. The molecule has 0 saturated carbocycles. The van der Waals surface area contributed by atoms with E-state index in [1.54, 1.807) is 0 Å². The summed E-state index contributed by atoms with van der Waals surface area (Å²) >= 11 is 0. The number of hydrogen-bond acceptors (Lipinski definition) is 2. The maximum absolute atomic E-state index is 12.5. The van der Waals surface area contributed by atoms with Crippen molar-refractivity contribution in [1.82, 2.24) is 10.3 Å². The molecule has 0 aliphatic heterocycles. The number of nitrogens with one attached hydrogen (secondary N) is 1. The van der Waals surface area contributed by atoms with E-state index in [2.05, 4.69) is 10.3 Å². The predicted molar refractivity (Wildman–Crippen MR) is 47.0 cm³/mol. The Labute approximate surface area is 80.2 Å². The number of halogens is 3. The maximum atomic E-state index is 12.5. The zero-order valence-electron chi connectivity index (χ0n) is 7.67. The molecular weight excluding hydrogens is 193 g/mol. The van der Waals surface area contributed by atoms with Crippen molar-refractivity contribution in [2.75, 3.05) is 13.6 Å². The summed E-state index contributed by atoms with van der Waals surface area (Å²) < 4.78 is 37.6. The number of likely N-dealkylation sites (N-methyl/N-ethyl adjacent to an activating group) is 1. The Morgan fingerprint density at radius 1 is 1.50 bits per heavy atom. The number of pyridine rings is 1. The van der Waals surface area contributed by atoms with Gasteiger partial charge >= 0.3 is 6.18 Å². The second kappa shape index (κ2) is 4.41. The molecule has 1 N–H and O–H groups in total. The summed E-state index contributed by atoms with van der Waals surface area (Å²) in [5, 5.41) is 2.53. The predicted octanol–water partition coefficient (Wildman–Crippen LogP) is 1.95. The third-order valence-electron chi connectivity index (χ3n) is 1.89. The molecule has 0 fully saturated rings. The third-order valence-corrected chi connectivity index (χ3v) is 1.89. The van der Waals surface area contributed by atoms with Crippen LogP contribution in [-0.2, 0) is 0 Å². The van der Waals surface area contributed by atoms with Crippen molar-refractivity contribution in [3.05, 3.63) is 30.1 Å². The van der Waals surface area contributed by atoms with E-state index in [-0.39, 0.29) is 12.1 Å². The second-order valence-electron chi connectivity index (χ2n) is 2.94. The molecule has 5 heteroatoms. The van der Waals surface area contributed by atoms with Crippen LogP contribution >= 0.6 is 0 Å². The third kappa shape index (κ3) is 2.70. The van der Waals surface area contributed by atoms with Crippen molar-refractivity contribution >= 4 is 0 Å². The van der Waals surface area contributed by atoms with Gasteiger partial charge in [-0.3, -0.25) is 4.98 Å². The molecule has 14 heavy (non-hydrogen) atoms. The van der Waals surface area contributed by atoms with Gasteiger partial charge in [-0.05, 0) is 18.7 Å². The Balaban J connectivity index is 2.89. The molecule has 1 aromatic rings. The number of rotatable bonds is 3. The minimum atomic E-state index is -4.23. The summed E-state index contributed by atoms with van der Waals surface area (Å²) in [4.78, 5) is 3.67. The molecule has 0 aliphatic carbocycles. The number of aromatic nitrogens is 1. The first-order valence-electron chi connectivity index (χ1n) is 4.17. The highest BCUT2D eigenvalue weighted by Crippen LogP contribution is 2.33. The van der Waals surface area contributed by atoms with Crippen molar-refractivity contribution < 1.29 is 13.2 Å². The molecule has 1 atom stereocenters. The SMILES string of the molecule is CNCC(c1cccnc1)C(F)(F)F. The smallest absolute Gasteiger partial charge is 0.319 e. The van der Waals surface area contributed by atoms with E-state index in [1.165, 1.54) is 31.6 Å². The van der Waals surface area contributed by atoms with E-state index < -0.39 is 12.1 Å². The first-order valence-corrected chi connectivity index (χ1v) is 4.17. The summed E-state index contributed by atoms with van der Waals surface area (Å²) in [7, 11) is 1.50. The van der Waals surface area contributed by atoms with E-state index in [0.717, 1.165) is 0 Å². The van der Waals surface area contributed by atoms with Crippen LogP contribution in [0.25, 0.3) is 0 Å². The van der Waals surface area contributed by atoms with E-state index in [9.17, 15) is 13.2 Å². The largest absolute Gasteiger partial charge is 0.397 e. The second-order valence-corrected chi connectivity index (χ2v) is 2.94. The van der Waals surface area contributed by atoms with Gasteiger partial charge in [0.05, 0.1) is 5.92 Å². The van der Waals surface area contributed by atoms with Crippen molar-refractivity contribution in [1.29, 1.82) is 0 Å². The molecule has 1 heterocycles. The molecule has 0 saturated heterocycles. The summed E-state index contributed by atoms with van der Waals surface area (Å²) in [5.41, 5.74) is 0.189. The molecule has 0 aliphatic rings. The van der Waals surface area contributed by atoms with Crippen LogP contribution in [0.1, 0.15) is 11.5 Å². The van der Waals surface area contributed by atoms with Gasteiger partial charge in [-0.2, -0.15) is 13.2 Å². The highest BCUT2D eigenvalue weighted by Gasteiger charge is 2.40. The fourth-order valence-corrected chi connectivity index (χ4v) is 1.21. The van der Waals surface area contributed by atoms with Crippen LogP contribution in [0.5, 0.6) is 0 Å². The Kier molecular flexibility index (Phi) is 3.46. The van der Waals surface area contributed by atoms with Gasteiger partial charge < -0.3 is 5.32 Å². The molecule has 1 aromatic heterocycles. The lowest BCUT2D eigenvalue weighted by molar-refractivity contribution is -0.149. The quantitative estimate of drug-likeness (QED) is 0.813. The van der Waals surface area contributed by atoms with Crippen LogP contribution in [0, 0.1) is 0 Å². The van der Waals surface area contributed by atoms with E-state index in [1.807, 2.05) is 0 Å². The van der Waals surface area contributed by atoms with Crippen LogP contribution in [0.4, 0.5) is 13.2 Å². The van der Waals surface area contributed by atoms with Crippen LogP contribution in [0.15, 0.2) is 24.5 Å². The fourth-order valence-electron chi connectivity index (χ4n) is 1.21. The lowest BCUT2D eigenvalue weighted by Crippen LogP contribution is -2.29. The molecule has 0 aromatic carbocycles. The van der Waals surface area contributed by atoms with E-state index >= 15 is 0 Å². The number of hydrogen-bond donors (Lipinski definition) is 1. The molecule has 0 spiro atoms. The molecule has 78 valence electrons. The van der Waals surface area contributed by atoms with Gasteiger partial charge in [0, 0.05) is 18.9 Å². The monoisotopic (exact) mass is 204 g/mol. The Hall–Kier alpha value is -1.10. The Bertz CT molecular complexity index is 271. The molecule has 0 radical (unpaired) electrons. The van der Waals surface area contributed by atoms with E-state index in [0.29, 0.717) is 0 Å². The van der Waals surface area contributed by atoms with Crippen LogP contribution < -0.4 is 5.32 Å². The summed E-state index contributed by atoms with van der Waals surface area (Å²) in [5.74, 6) is -1.49. The highest BCUT2D eigenvalue weighted by molar-refractivity contribution is 5.17. The average Bonchev–Trinajstić information content (AvgIpc) is 2.14. The molecular formula is C9H11F3N2. The van der Waals surface area contributed by atoms with Gasteiger partial charge in [-0.25, -0.2) is 0 Å². The lowest BCUT2D eigenvalue weighted by Gasteiger charge is -2.19. The van der Waals surface area contributed by atoms with Gasteiger partial charge in [0.1, 0.15) is 0 Å². The lowest BCUT2D eigenvalue weighted by atomic mass is 10.0. The summed E-state index contributed by atoms with van der Waals surface area (Å²) in [6.45, 7) is -0.130. The minimum absolute atomic E-state index is 0.130. The Morgan fingerprint density at radius 3 is 2.64 bits per heavy atom. The van der Waals surface area contributed by atoms with Crippen LogP contribution in [-0.4, -0.2) is 24.8 Å². The van der Waals surface area contributed by atoms with E-state index in [4.69, 9.17) is 0 Å². The minimum Gasteiger partial charge on any atom is -0.319 e. The molecule has 1 rings (SSSR count). The topological polar surface area (TPSA) is 24.9 Å². The average molecular weight is 204 g/mol. The maximum Gasteiger partial charge on any atom is 0.397 e. The molecule has 1 unspecified atom stereocenters. The van der Waals surface area contributed by atoms with Crippen LogP contribution in [0.2, 0.25) is 0 Å². The molecule has 0 amide bonds. The van der Waals surface area contributed by atoms with Crippen molar-refractivity contribution in [2.45, 2.75) is 12.1 Å². The van der Waals surface area contributed by atoms with Crippen molar-refractivity contribution in [3.63, 3.8) is 0 Å². The number of nitrogens with zero attached hydrogens (tertiary/aromatic N) is 1. The number of alkyl halides is 3. The van der Waals surface area contributed by atoms with Gasteiger partial charge in [-0.15, -0.1) is 0 Å². The first-order chi connectivity index (χ1) is 6.55. The first kappa shape index (κ1) is 11.0. The van der Waals surface area contributed by atoms with Crippen LogP contribution in [0.3, 0.4) is 0 Å². The standard InChI is InChI=1S/C9H11F3N2/c1-13-6-8(9(10,11)12)7-3-2-4-14-5-7/h2-5,8,13H,6H2,1H3. The molecule has 0 bridgehead atoms. The van der Waals surface area contributed by atoms with Gasteiger partial charge in [0.25, 0.3) is 0 Å². The van der Waals surface area contributed by atoms with Crippen molar-refractivity contribution in [2.24, 2.45) is 0 Å². The van der Waals surface area contributed by atoms with Gasteiger partial charge in [-0.1, -0.05) is 6.07 Å².